The Hall–Kier alpha value is -3.49. The van der Waals surface area contributed by atoms with E-state index in [0.717, 1.165) is 10.5 Å². The maximum absolute atomic E-state index is 12.4. The zero-order valence-electron chi connectivity index (χ0n) is 16.3. The van der Waals surface area contributed by atoms with Crippen molar-refractivity contribution in [3.8, 4) is 11.5 Å². The summed E-state index contributed by atoms with van der Waals surface area (Å²) in [7, 11) is 1.30. The van der Waals surface area contributed by atoms with Crippen LogP contribution >= 0.6 is 0 Å². The highest BCUT2D eigenvalue weighted by atomic mass is 19.3. The van der Waals surface area contributed by atoms with Gasteiger partial charge in [-0.15, -0.1) is 0 Å². The Morgan fingerprint density at radius 1 is 1.03 bits per heavy atom. The molecule has 3 rings (SSSR count). The van der Waals surface area contributed by atoms with E-state index in [4.69, 9.17) is 9.47 Å². The number of nitrogens with zero attached hydrogens (tertiary/aromatic N) is 1. The van der Waals surface area contributed by atoms with E-state index in [1.165, 1.54) is 25.3 Å². The Kier molecular flexibility index (Phi) is 6.29. The van der Waals surface area contributed by atoms with Gasteiger partial charge in [0.25, 0.3) is 11.8 Å². The van der Waals surface area contributed by atoms with Crippen LogP contribution in [0.5, 0.6) is 11.5 Å². The number of halogens is 2. The number of hydrogen-bond donors (Lipinski definition) is 0. The molecule has 7 nitrogen and oxygen atoms in total. The lowest BCUT2D eigenvalue weighted by Gasteiger charge is -2.14. The third kappa shape index (κ3) is 4.56. The molecule has 158 valence electrons. The quantitative estimate of drug-likeness (QED) is 0.482. The minimum Gasteiger partial charge on any atom is -0.493 e. The van der Waals surface area contributed by atoms with Gasteiger partial charge in [-0.3, -0.25) is 19.3 Å². The number of imide groups is 1. The van der Waals surface area contributed by atoms with E-state index in [0.29, 0.717) is 16.7 Å². The highest BCUT2D eigenvalue weighted by molar-refractivity contribution is 6.21. The van der Waals surface area contributed by atoms with Crippen molar-refractivity contribution in [3.63, 3.8) is 0 Å². The van der Waals surface area contributed by atoms with Crippen LogP contribution in [0.3, 0.4) is 0 Å². The van der Waals surface area contributed by atoms with Crippen LogP contribution in [-0.4, -0.2) is 42.9 Å². The van der Waals surface area contributed by atoms with Crippen molar-refractivity contribution in [3.05, 3.63) is 58.7 Å². The highest BCUT2D eigenvalue weighted by Gasteiger charge is 2.35. The number of carbonyl (C=O) groups excluding carboxylic acids is 3. The summed E-state index contributed by atoms with van der Waals surface area (Å²) < 4.78 is 39.2. The smallest absolute Gasteiger partial charge is 0.387 e. The number of alkyl halides is 2. The number of methoxy groups -OCH3 is 1. The van der Waals surface area contributed by atoms with E-state index in [1.807, 2.05) is 6.92 Å². The van der Waals surface area contributed by atoms with E-state index in [2.05, 4.69) is 4.74 Å². The molecule has 0 atom stereocenters. The second-order valence-corrected chi connectivity index (χ2v) is 6.59. The molecule has 0 fully saturated rings. The fraction of sp³-hybridized carbons (Fsp3) is 0.286. The normalized spacial score (nSPS) is 12.9. The average Bonchev–Trinajstić information content (AvgIpc) is 2.94. The lowest BCUT2D eigenvalue weighted by Crippen LogP contribution is -2.32. The van der Waals surface area contributed by atoms with Crippen molar-refractivity contribution in [2.24, 2.45) is 0 Å². The Bertz CT molecular complexity index is 991. The predicted molar refractivity (Wildman–Crippen MR) is 101 cm³/mol. The highest BCUT2D eigenvalue weighted by Crippen LogP contribution is 2.30. The summed E-state index contributed by atoms with van der Waals surface area (Å²) in [6.07, 6.45) is -0.172. The number of aryl methyl sites for hydroxylation is 1. The van der Waals surface area contributed by atoms with Gasteiger partial charge in [0.2, 0.25) is 0 Å². The van der Waals surface area contributed by atoms with Crippen LogP contribution in [0.1, 0.15) is 38.3 Å². The lowest BCUT2D eigenvalue weighted by molar-refractivity contribution is -0.145. The molecular weight excluding hydrogens is 400 g/mol. The van der Waals surface area contributed by atoms with Gasteiger partial charge in [0.15, 0.2) is 11.5 Å². The number of hydrogen-bond acceptors (Lipinski definition) is 6. The maximum Gasteiger partial charge on any atom is 0.387 e. The third-order valence-electron chi connectivity index (χ3n) is 4.51. The van der Waals surface area contributed by atoms with Gasteiger partial charge in [-0.25, -0.2) is 0 Å². The van der Waals surface area contributed by atoms with Gasteiger partial charge >= 0.3 is 12.6 Å². The number of fused-ring (bicyclic) bond motifs is 1. The SMILES string of the molecule is COc1cc(COC(=O)CCN2C(=O)c3ccc(C)cc3C2=O)ccc1OC(F)F. The first kappa shape index (κ1) is 21.2. The topological polar surface area (TPSA) is 82.1 Å². The molecule has 0 saturated heterocycles. The van der Waals surface area contributed by atoms with Crippen molar-refractivity contribution in [1.82, 2.24) is 4.90 Å². The van der Waals surface area contributed by atoms with Crippen LogP contribution in [0.4, 0.5) is 8.78 Å². The van der Waals surface area contributed by atoms with E-state index in [1.54, 1.807) is 18.2 Å². The van der Waals surface area contributed by atoms with Gasteiger partial charge in [-0.1, -0.05) is 17.7 Å². The van der Waals surface area contributed by atoms with E-state index in [9.17, 15) is 23.2 Å². The minimum absolute atomic E-state index is 0.0742. The number of amides is 2. The van der Waals surface area contributed by atoms with Crippen molar-refractivity contribution in [2.45, 2.75) is 26.6 Å². The Balaban J connectivity index is 1.55. The van der Waals surface area contributed by atoms with Gasteiger partial charge in [-0.05, 0) is 36.8 Å². The third-order valence-corrected chi connectivity index (χ3v) is 4.51. The summed E-state index contributed by atoms with van der Waals surface area (Å²) >= 11 is 0. The summed E-state index contributed by atoms with van der Waals surface area (Å²) in [5.41, 5.74) is 2.00. The molecule has 0 radical (unpaired) electrons. The average molecular weight is 419 g/mol. The van der Waals surface area contributed by atoms with Gasteiger partial charge in [0.1, 0.15) is 6.61 Å². The molecule has 0 aliphatic carbocycles. The van der Waals surface area contributed by atoms with Crippen LogP contribution in [0.2, 0.25) is 0 Å². The van der Waals surface area contributed by atoms with Gasteiger partial charge in [-0.2, -0.15) is 8.78 Å². The lowest BCUT2D eigenvalue weighted by atomic mass is 10.1. The fourth-order valence-corrected chi connectivity index (χ4v) is 3.04. The molecule has 1 aliphatic heterocycles. The van der Waals surface area contributed by atoms with Crippen molar-refractivity contribution in [1.29, 1.82) is 0 Å². The Labute approximate surface area is 171 Å². The first-order valence-electron chi connectivity index (χ1n) is 9.04. The van der Waals surface area contributed by atoms with Crippen LogP contribution in [0, 0.1) is 6.92 Å². The van der Waals surface area contributed by atoms with Crippen molar-refractivity contribution in [2.75, 3.05) is 13.7 Å². The molecule has 2 amide bonds. The largest absolute Gasteiger partial charge is 0.493 e. The van der Waals surface area contributed by atoms with Gasteiger partial charge in [0.05, 0.1) is 24.7 Å². The molecule has 2 aromatic rings. The number of benzene rings is 2. The maximum atomic E-state index is 12.4. The molecular formula is C21H19F2NO6. The Morgan fingerprint density at radius 2 is 1.77 bits per heavy atom. The number of esters is 1. The van der Waals surface area contributed by atoms with Crippen molar-refractivity contribution < 1.29 is 37.4 Å². The predicted octanol–water partition coefficient (Wildman–Crippen LogP) is 3.33. The van der Waals surface area contributed by atoms with E-state index < -0.39 is 24.4 Å². The molecule has 0 N–H and O–H groups in total. The molecule has 0 spiro atoms. The standard InChI is InChI=1S/C21H19F2NO6/c1-12-3-5-14-15(9-12)20(27)24(19(14)26)8-7-18(25)29-11-13-4-6-16(30-21(22)23)17(10-13)28-2/h3-6,9-10,21H,7-8,11H2,1-2H3. The Morgan fingerprint density at radius 3 is 2.47 bits per heavy atom. The summed E-state index contributed by atoms with van der Waals surface area (Å²) in [6.45, 7) is -1.41. The molecule has 0 aromatic heterocycles. The van der Waals surface area contributed by atoms with Gasteiger partial charge < -0.3 is 14.2 Å². The zero-order chi connectivity index (χ0) is 21.8. The second-order valence-electron chi connectivity index (χ2n) is 6.59. The molecule has 2 aromatic carbocycles. The molecule has 9 heteroatoms. The minimum atomic E-state index is -2.99. The molecule has 30 heavy (non-hydrogen) atoms. The first-order valence-corrected chi connectivity index (χ1v) is 9.04. The molecule has 1 heterocycles. The summed E-state index contributed by atoms with van der Waals surface area (Å²) in [4.78, 5) is 37.8. The van der Waals surface area contributed by atoms with Crippen LogP contribution < -0.4 is 9.47 Å². The molecule has 0 bridgehead atoms. The van der Waals surface area contributed by atoms with E-state index >= 15 is 0 Å². The van der Waals surface area contributed by atoms with Crippen molar-refractivity contribution >= 4 is 17.8 Å². The second kappa shape index (κ2) is 8.89. The molecule has 1 aliphatic rings. The van der Waals surface area contributed by atoms with Gasteiger partial charge in [0, 0.05) is 6.54 Å². The number of rotatable bonds is 8. The summed E-state index contributed by atoms with van der Waals surface area (Å²) in [5.74, 6) is -1.56. The van der Waals surface area contributed by atoms with Crippen LogP contribution in [0.15, 0.2) is 36.4 Å². The number of ether oxygens (including phenoxy) is 3. The summed E-state index contributed by atoms with van der Waals surface area (Å²) in [5, 5.41) is 0. The molecule has 0 unspecified atom stereocenters. The van der Waals surface area contributed by atoms with Crippen LogP contribution in [-0.2, 0) is 16.1 Å². The summed E-state index contributed by atoms with van der Waals surface area (Å²) in [6, 6.07) is 9.14. The van der Waals surface area contributed by atoms with Crippen LogP contribution in [0.25, 0.3) is 0 Å². The monoisotopic (exact) mass is 419 g/mol. The van der Waals surface area contributed by atoms with E-state index in [-0.39, 0.29) is 31.1 Å². The molecule has 0 saturated carbocycles. The zero-order valence-corrected chi connectivity index (χ0v) is 16.3. The first-order chi connectivity index (χ1) is 14.3. The number of carbonyl (C=O) groups is 3. The fourth-order valence-electron chi connectivity index (χ4n) is 3.04.